The van der Waals surface area contributed by atoms with Crippen LogP contribution in [0.15, 0.2) is 46.6 Å². The van der Waals surface area contributed by atoms with Crippen molar-refractivity contribution >= 4 is 15.4 Å². The van der Waals surface area contributed by atoms with Gasteiger partial charge in [0, 0.05) is 0 Å². The zero-order valence-corrected chi connectivity index (χ0v) is 18.9. The number of hydrogen-bond acceptors (Lipinski definition) is 4. The minimum atomic E-state index is -3.59. The van der Waals surface area contributed by atoms with Crippen LogP contribution < -0.4 is 0 Å². The van der Waals surface area contributed by atoms with Crippen LogP contribution in [0.2, 0.25) is 0 Å². The molecule has 0 aromatic heterocycles. The summed E-state index contributed by atoms with van der Waals surface area (Å²) in [6.07, 6.45) is 11.8. The summed E-state index contributed by atoms with van der Waals surface area (Å²) in [5.74, 6) is 0. The molecule has 0 aromatic rings. The highest BCUT2D eigenvalue weighted by Gasteiger charge is 2.24. The van der Waals surface area contributed by atoms with Gasteiger partial charge in [0.05, 0.1) is 13.2 Å². The molecule has 0 aliphatic heterocycles. The van der Waals surface area contributed by atoms with E-state index in [2.05, 4.69) is 39.8 Å². The second kappa shape index (κ2) is 14.3. The van der Waals surface area contributed by atoms with Crippen LogP contribution >= 0.6 is 15.4 Å². The molecular formula is C20H34O4P2. The topological polar surface area (TPSA) is 52.6 Å². The lowest BCUT2D eigenvalue weighted by Gasteiger charge is -2.10. The van der Waals surface area contributed by atoms with Gasteiger partial charge in [-0.1, -0.05) is 46.6 Å². The van der Waals surface area contributed by atoms with Gasteiger partial charge < -0.3 is 0 Å². The van der Waals surface area contributed by atoms with E-state index in [1.165, 1.54) is 11.1 Å². The molecule has 0 bridgehead atoms. The van der Waals surface area contributed by atoms with E-state index in [-0.39, 0.29) is 13.2 Å². The third-order valence-electron chi connectivity index (χ3n) is 3.62. The Morgan fingerprint density at radius 3 is 1.46 bits per heavy atom. The molecule has 6 heteroatoms. The number of rotatable bonds is 13. The summed E-state index contributed by atoms with van der Waals surface area (Å²) < 4.78 is 34.0. The van der Waals surface area contributed by atoms with E-state index in [1.807, 2.05) is 26.0 Å². The minimum Gasteiger partial charge on any atom is -0.296 e. The van der Waals surface area contributed by atoms with Crippen LogP contribution in [0, 0.1) is 0 Å². The first-order valence-corrected chi connectivity index (χ1v) is 12.1. The normalized spacial score (nSPS) is 14.8. The van der Waals surface area contributed by atoms with Gasteiger partial charge in [0.25, 0.3) is 8.15 Å². The highest BCUT2D eigenvalue weighted by atomic mass is 32.1. The second-order valence-corrected chi connectivity index (χ2v) is 10.5. The smallest absolute Gasteiger partial charge is 0.296 e. The predicted octanol–water partition coefficient (Wildman–Crippen LogP) is 7.80. The Kier molecular flexibility index (Phi) is 13.9. The van der Waals surface area contributed by atoms with Crippen molar-refractivity contribution in [2.24, 2.45) is 0 Å². The Hall–Kier alpha value is -0.790. The summed E-state index contributed by atoms with van der Waals surface area (Å²) in [6.45, 7) is 12.6. The van der Waals surface area contributed by atoms with Crippen molar-refractivity contribution in [1.82, 2.24) is 0 Å². The molecule has 4 nitrogen and oxygen atoms in total. The SMILES string of the molecule is CC(C)=CCC/C(C)=C/COP(=O)(OC/C=C(\C)CCC=C(C)C)P=O. The Morgan fingerprint density at radius 2 is 1.15 bits per heavy atom. The van der Waals surface area contributed by atoms with Crippen LogP contribution in [0.1, 0.15) is 67.2 Å². The zero-order valence-electron chi connectivity index (χ0n) is 17.1. The predicted molar refractivity (Wildman–Crippen MR) is 112 cm³/mol. The Balaban J connectivity index is 4.35. The van der Waals surface area contributed by atoms with Gasteiger partial charge in [-0.25, -0.2) is 4.57 Å². The molecule has 0 heterocycles. The van der Waals surface area contributed by atoms with Gasteiger partial charge in [-0.2, -0.15) is 0 Å². The van der Waals surface area contributed by atoms with Crippen LogP contribution in [0.25, 0.3) is 0 Å². The van der Waals surface area contributed by atoms with E-state index in [1.54, 1.807) is 0 Å². The van der Waals surface area contributed by atoms with E-state index in [4.69, 9.17) is 9.05 Å². The van der Waals surface area contributed by atoms with Crippen molar-refractivity contribution in [3.63, 3.8) is 0 Å². The van der Waals surface area contributed by atoms with Crippen molar-refractivity contribution in [2.75, 3.05) is 13.2 Å². The number of allylic oxidation sites excluding steroid dienone is 6. The van der Waals surface area contributed by atoms with Crippen LogP contribution in [-0.4, -0.2) is 13.2 Å². The molecule has 26 heavy (non-hydrogen) atoms. The molecule has 0 aliphatic rings. The summed E-state index contributed by atoms with van der Waals surface area (Å²) in [5, 5.41) is 0. The first-order valence-electron chi connectivity index (χ1n) is 9.00. The summed E-state index contributed by atoms with van der Waals surface area (Å²) in [6, 6.07) is 0. The number of hydrogen-bond donors (Lipinski definition) is 0. The Morgan fingerprint density at radius 1 is 0.769 bits per heavy atom. The molecule has 0 saturated heterocycles. The van der Waals surface area contributed by atoms with Crippen LogP contribution in [0.3, 0.4) is 0 Å². The molecule has 148 valence electrons. The first-order chi connectivity index (χ1) is 12.2. The van der Waals surface area contributed by atoms with Gasteiger partial charge >= 0.3 is 7.28 Å². The molecule has 0 saturated carbocycles. The Bertz CT molecular complexity index is 547. The average Bonchev–Trinajstić information content (AvgIpc) is 2.54. The van der Waals surface area contributed by atoms with E-state index >= 15 is 0 Å². The molecule has 0 aromatic carbocycles. The maximum Gasteiger partial charge on any atom is 0.420 e. The van der Waals surface area contributed by atoms with Gasteiger partial charge in [0.1, 0.15) is 0 Å². The van der Waals surface area contributed by atoms with Gasteiger partial charge in [0.15, 0.2) is 0 Å². The van der Waals surface area contributed by atoms with Crippen molar-refractivity contribution in [3.05, 3.63) is 46.6 Å². The second-order valence-electron chi connectivity index (χ2n) is 6.88. The molecule has 0 unspecified atom stereocenters. The molecule has 0 fully saturated rings. The molecule has 0 amide bonds. The largest absolute Gasteiger partial charge is 0.420 e. The molecule has 0 rings (SSSR count). The van der Waals surface area contributed by atoms with Gasteiger partial charge in [0.2, 0.25) is 0 Å². The first kappa shape index (κ1) is 25.2. The molecule has 0 spiro atoms. The monoisotopic (exact) mass is 400 g/mol. The third kappa shape index (κ3) is 14.4. The van der Waals surface area contributed by atoms with E-state index in [0.29, 0.717) is 0 Å². The molecule has 0 aliphatic carbocycles. The fourth-order valence-electron chi connectivity index (χ4n) is 2.01. The van der Waals surface area contributed by atoms with Crippen molar-refractivity contribution in [3.8, 4) is 0 Å². The lowest BCUT2D eigenvalue weighted by Crippen LogP contribution is -1.93. The third-order valence-corrected chi connectivity index (χ3v) is 6.07. The molecule has 0 N–H and O–H groups in total. The van der Waals surface area contributed by atoms with E-state index < -0.39 is 15.4 Å². The van der Waals surface area contributed by atoms with Crippen molar-refractivity contribution in [1.29, 1.82) is 0 Å². The maximum absolute atomic E-state index is 12.3. The fourth-order valence-corrected chi connectivity index (χ4v) is 3.39. The highest BCUT2D eigenvalue weighted by Crippen LogP contribution is 2.59. The van der Waals surface area contributed by atoms with Crippen molar-refractivity contribution < 1.29 is 18.2 Å². The summed E-state index contributed by atoms with van der Waals surface area (Å²) >= 11 is 0. The molecular weight excluding hydrogens is 366 g/mol. The minimum absolute atomic E-state index is 0.135. The fraction of sp³-hybridized carbons (Fsp3) is 0.600. The van der Waals surface area contributed by atoms with Crippen LogP contribution in [-0.2, 0) is 18.2 Å². The standard InChI is InChI=1S/C20H34O4P2/c1-17(2)9-7-11-19(5)13-15-23-26(22,25-21)24-16-14-20(6)12-8-10-18(3)4/h9-10,13-14H,7-8,11-12,15-16H2,1-6H3/b19-13+,20-14+. The van der Waals surface area contributed by atoms with Crippen molar-refractivity contribution in [2.45, 2.75) is 67.2 Å². The zero-order chi connectivity index (χ0) is 20.0. The van der Waals surface area contributed by atoms with E-state index in [0.717, 1.165) is 36.8 Å². The summed E-state index contributed by atoms with van der Waals surface area (Å²) in [4.78, 5) is 0. The molecule has 0 atom stereocenters. The van der Waals surface area contributed by atoms with E-state index in [9.17, 15) is 9.13 Å². The van der Waals surface area contributed by atoms with Gasteiger partial charge in [-0.15, -0.1) is 0 Å². The average molecular weight is 400 g/mol. The van der Waals surface area contributed by atoms with Crippen LogP contribution in [0.4, 0.5) is 0 Å². The Labute approximate surface area is 161 Å². The highest BCUT2D eigenvalue weighted by molar-refractivity contribution is 8.14. The van der Waals surface area contributed by atoms with Crippen LogP contribution in [0.5, 0.6) is 0 Å². The summed E-state index contributed by atoms with van der Waals surface area (Å²) in [5.41, 5.74) is 4.88. The van der Waals surface area contributed by atoms with Gasteiger partial charge in [-0.3, -0.25) is 13.6 Å². The maximum atomic E-state index is 12.3. The van der Waals surface area contributed by atoms with Gasteiger partial charge in [-0.05, 0) is 67.2 Å². The molecule has 0 radical (unpaired) electrons. The summed E-state index contributed by atoms with van der Waals surface area (Å²) in [7, 11) is -4.20. The lowest BCUT2D eigenvalue weighted by molar-refractivity contribution is 0.252. The quantitative estimate of drug-likeness (QED) is 0.234. The lowest BCUT2D eigenvalue weighted by atomic mass is 10.1.